The van der Waals surface area contributed by atoms with E-state index in [0.717, 1.165) is 11.1 Å². The fourth-order valence-corrected chi connectivity index (χ4v) is 3.36. The maximum absolute atomic E-state index is 9.28. The molecule has 32 heavy (non-hydrogen) atoms. The van der Waals surface area contributed by atoms with Crippen LogP contribution in [0.3, 0.4) is 0 Å². The second-order valence-electron chi connectivity index (χ2n) is 9.05. The number of aromatic hydroxyl groups is 2. The first-order chi connectivity index (χ1) is 13.9. The fraction of sp³-hybridized carbons (Fsp3) is 0.429. The van der Waals surface area contributed by atoms with Gasteiger partial charge >= 0.3 is 21.7 Å². The van der Waals surface area contributed by atoms with Crippen LogP contribution in [-0.2, 0) is 21.7 Å². The Morgan fingerprint density at radius 2 is 1.06 bits per heavy atom. The van der Waals surface area contributed by atoms with E-state index >= 15 is 0 Å². The summed E-state index contributed by atoms with van der Waals surface area (Å²) in [5.41, 5.74) is 6.43. The maximum Gasteiger partial charge on any atom is 2.00 e. The maximum atomic E-state index is 9.28. The Bertz CT molecular complexity index is 846. The van der Waals surface area contributed by atoms with Gasteiger partial charge in [-0.25, -0.2) is 5.57 Å². The molecule has 0 atom stereocenters. The quantitative estimate of drug-likeness (QED) is 0.452. The third kappa shape index (κ3) is 9.57. The molecule has 0 saturated heterocycles. The molecular weight excluding hydrogens is 452 g/mol. The molecule has 2 aromatic carbocycles. The van der Waals surface area contributed by atoms with Crippen LogP contribution in [0.1, 0.15) is 85.3 Å². The number of halogens is 1. The number of benzene rings is 2. The normalized spacial score (nSPS) is 13.8. The molecule has 0 heterocycles. The average Bonchev–Trinajstić information content (AvgIpc) is 2.84. The van der Waals surface area contributed by atoms with Crippen molar-refractivity contribution in [3.8, 4) is 11.5 Å². The Morgan fingerprint density at radius 1 is 0.719 bits per heavy atom. The zero-order valence-electron chi connectivity index (χ0n) is 21.0. The van der Waals surface area contributed by atoms with Crippen LogP contribution in [0.25, 0.3) is 0 Å². The summed E-state index contributed by atoms with van der Waals surface area (Å²) in [7, 11) is 0. The van der Waals surface area contributed by atoms with E-state index in [9.17, 15) is 10.2 Å². The second-order valence-corrected chi connectivity index (χ2v) is 9.05. The summed E-state index contributed by atoms with van der Waals surface area (Å²) < 4.78 is 0. The number of phenols is 2. The molecule has 0 unspecified atom stereocenters. The van der Waals surface area contributed by atoms with E-state index in [0.29, 0.717) is 23.3 Å². The van der Waals surface area contributed by atoms with Gasteiger partial charge in [-0.05, 0) is 35.1 Å². The van der Waals surface area contributed by atoms with Crippen molar-refractivity contribution in [1.29, 1.82) is 0 Å². The van der Waals surface area contributed by atoms with Gasteiger partial charge in [0.15, 0.2) is 0 Å². The van der Waals surface area contributed by atoms with Gasteiger partial charge in [0.2, 0.25) is 0 Å². The minimum absolute atomic E-state index is 0. The Labute approximate surface area is 217 Å². The smallest absolute Gasteiger partial charge is 1.00 e. The molecule has 1 aliphatic rings. The molecule has 2 N–H and O–H groups in total. The number of para-hydroxylation sites is 2. The Balaban J connectivity index is 0. The average molecular weight is 491 g/mol. The van der Waals surface area contributed by atoms with Crippen LogP contribution in [0, 0.1) is 11.5 Å². The van der Waals surface area contributed by atoms with Crippen LogP contribution < -0.4 is 12.4 Å². The molecule has 0 aromatic heterocycles. The molecular formula is C28H39ClO2Ti. The Hall–Kier alpha value is -1.48. The van der Waals surface area contributed by atoms with Crippen LogP contribution in [0.15, 0.2) is 65.3 Å². The molecule has 2 nitrogen and oxygen atoms in total. The molecule has 0 amide bonds. The van der Waals surface area contributed by atoms with Crippen molar-refractivity contribution in [2.24, 2.45) is 5.41 Å². The predicted molar refractivity (Wildman–Crippen MR) is 129 cm³/mol. The monoisotopic (exact) mass is 490 g/mol. The van der Waals surface area contributed by atoms with E-state index in [-0.39, 0.29) is 39.5 Å². The van der Waals surface area contributed by atoms with Crippen LogP contribution >= 0.6 is 0 Å². The topological polar surface area (TPSA) is 40.5 Å². The van der Waals surface area contributed by atoms with Gasteiger partial charge in [-0.2, -0.15) is 11.1 Å². The van der Waals surface area contributed by atoms with E-state index in [4.69, 9.17) is 0 Å². The molecule has 0 saturated carbocycles. The second kappa shape index (κ2) is 14.6. The number of rotatable bonds is 2. The van der Waals surface area contributed by atoms with Crippen LogP contribution in [0.5, 0.6) is 11.5 Å². The first-order valence-electron chi connectivity index (χ1n) is 10.7. The number of hydrogen-bond donors (Lipinski definition) is 2. The first-order valence-corrected chi connectivity index (χ1v) is 10.7. The van der Waals surface area contributed by atoms with Gasteiger partial charge in [0, 0.05) is 0 Å². The van der Waals surface area contributed by atoms with Crippen molar-refractivity contribution in [2.75, 3.05) is 0 Å². The van der Waals surface area contributed by atoms with Gasteiger partial charge in [0.25, 0.3) is 0 Å². The van der Waals surface area contributed by atoms with E-state index in [1.54, 1.807) is 12.1 Å². The van der Waals surface area contributed by atoms with Gasteiger partial charge in [-0.1, -0.05) is 97.2 Å². The van der Waals surface area contributed by atoms with Gasteiger partial charge in [-0.15, -0.1) is 6.92 Å². The van der Waals surface area contributed by atoms with Crippen molar-refractivity contribution in [3.05, 3.63) is 82.5 Å². The molecule has 174 valence electrons. The van der Waals surface area contributed by atoms with E-state index < -0.39 is 0 Å². The fourth-order valence-electron chi connectivity index (χ4n) is 3.36. The number of hydrogen-bond acceptors (Lipinski definition) is 2. The van der Waals surface area contributed by atoms with Gasteiger partial charge in [-0.3, -0.25) is 6.08 Å². The number of allylic oxidation sites excluding steroid dienone is 4. The van der Waals surface area contributed by atoms with Crippen LogP contribution in [0.4, 0.5) is 0 Å². The summed E-state index contributed by atoms with van der Waals surface area (Å²) in [6, 6.07) is 14.9. The van der Waals surface area contributed by atoms with Crippen molar-refractivity contribution in [3.63, 3.8) is 0 Å². The van der Waals surface area contributed by atoms with Crippen LogP contribution in [-0.4, -0.2) is 10.2 Å². The number of phenolic OH excluding ortho intramolecular Hbond substituents is 2. The van der Waals surface area contributed by atoms with Crippen molar-refractivity contribution < 1.29 is 44.3 Å². The third-order valence-electron chi connectivity index (χ3n) is 5.68. The van der Waals surface area contributed by atoms with E-state index in [2.05, 4.69) is 68.4 Å². The molecule has 0 aliphatic heterocycles. The zero-order valence-corrected chi connectivity index (χ0v) is 23.4. The summed E-state index contributed by atoms with van der Waals surface area (Å²) in [6.45, 7) is 19.2. The summed E-state index contributed by atoms with van der Waals surface area (Å²) in [4.78, 5) is 0. The Morgan fingerprint density at radius 3 is 1.22 bits per heavy atom. The standard InChI is InChI=1S/C10H15.2C9H12O.ClH.Ti/c1-7-6-10(4,5)9(3)8(7)2;2*1-7(2)8-5-3-4-6-9(8)10;;/h1-5H3;2*3-7,10H,1-2H3;1H;/q-1;;;;+2/p-1. The Kier molecular flexibility index (Phi) is 14.9. The minimum atomic E-state index is 0. The van der Waals surface area contributed by atoms with Gasteiger partial charge in [0.05, 0.1) is 0 Å². The summed E-state index contributed by atoms with van der Waals surface area (Å²) in [5, 5.41) is 18.6. The summed E-state index contributed by atoms with van der Waals surface area (Å²) >= 11 is 0. The molecule has 4 heteroatoms. The molecule has 2 aromatic rings. The van der Waals surface area contributed by atoms with Gasteiger partial charge in [0.1, 0.15) is 11.5 Å². The molecule has 0 radical (unpaired) electrons. The van der Waals surface area contributed by atoms with Crippen molar-refractivity contribution in [1.82, 2.24) is 0 Å². The van der Waals surface area contributed by atoms with Gasteiger partial charge < -0.3 is 22.6 Å². The third-order valence-corrected chi connectivity index (χ3v) is 5.68. The van der Waals surface area contributed by atoms with Crippen molar-refractivity contribution in [2.45, 2.75) is 74.1 Å². The van der Waals surface area contributed by atoms with E-state index in [1.165, 1.54) is 16.7 Å². The molecule has 1 aliphatic carbocycles. The largest absolute Gasteiger partial charge is 2.00 e. The summed E-state index contributed by atoms with van der Waals surface area (Å²) in [5.74, 6) is 1.61. The van der Waals surface area contributed by atoms with E-state index in [1.807, 2.05) is 36.4 Å². The predicted octanol–water partition coefficient (Wildman–Crippen LogP) is 5.14. The minimum Gasteiger partial charge on any atom is -1.00 e. The molecule has 3 rings (SSSR count). The first kappa shape index (κ1) is 32.7. The van der Waals surface area contributed by atoms with Crippen molar-refractivity contribution >= 4 is 0 Å². The SMILES string of the molecule is CC(C)c1ccccc1O.CC(C)c1ccccc1O.CC1=[C-]C(C)(C)C(C)=C1C.[Cl-].[Ti+2]. The zero-order chi connectivity index (χ0) is 23.1. The summed E-state index contributed by atoms with van der Waals surface area (Å²) in [6.07, 6.45) is 3.44. The molecule has 0 fully saturated rings. The molecule has 0 bridgehead atoms. The van der Waals surface area contributed by atoms with Crippen LogP contribution in [0.2, 0.25) is 0 Å². The molecule has 0 spiro atoms.